The van der Waals surface area contributed by atoms with E-state index in [4.69, 9.17) is 4.74 Å². The number of aromatic nitrogens is 1. The third kappa shape index (κ3) is 5.57. The van der Waals surface area contributed by atoms with Crippen LogP contribution in [0, 0.1) is 11.2 Å². The average Bonchev–Trinajstić information content (AvgIpc) is 2.88. The Bertz CT molecular complexity index is 1070. The summed E-state index contributed by atoms with van der Waals surface area (Å²) in [6.07, 6.45) is 5.00. The number of nitrogens with zero attached hydrogens (tertiary/aromatic N) is 1. The van der Waals surface area contributed by atoms with Gasteiger partial charge in [0.15, 0.2) is 0 Å². The van der Waals surface area contributed by atoms with Crippen LogP contribution in [0.15, 0.2) is 54.7 Å². The number of methoxy groups -OCH3 is 1. The second kappa shape index (κ2) is 11.3. The van der Waals surface area contributed by atoms with Crippen LogP contribution >= 0.6 is 0 Å². The second-order valence-corrected chi connectivity index (χ2v) is 9.46. The molecule has 182 valence electrons. The Morgan fingerprint density at radius 1 is 1.09 bits per heavy atom. The molecule has 4 rings (SSSR count). The first-order valence-corrected chi connectivity index (χ1v) is 12.3. The van der Waals surface area contributed by atoms with Gasteiger partial charge in [-0.3, -0.25) is 4.98 Å². The summed E-state index contributed by atoms with van der Waals surface area (Å²) in [5.74, 6) is 0.0769. The first-order chi connectivity index (χ1) is 16.5. The third-order valence-electron chi connectivity index (χ3n) is 7.41. The smallest absolute Gasteiger partial charge is 0.147 e. The molecule has 6 heteroatoms. The lowest BCUT2D eigenvalue weighted by Gasteiger charge is -2.42. The van der Waals surface area contributed by atoms with Gasteiger partial charge in [-0.25, -0.2) is 4.39 Å². The molecule has 3 aromatic rings. The van der Waals surface area contributed by atoms with Gasteiger partial charge in [0.2, 0.25) is 0 Å². The largest absolute Gasteiger partial charge is 0.497 e. The quantitative estimate of drug-likeness (QED) is 0.394. The van der Waals surface area contributed by atoms with Crippen molar-refractivity contribution in [1.82, 2.24) is 10.3 Å². The number of ether oxygens (including phenoxy) is 1. The van der Waals surface area contributed by atoms with E-state index in [1.165, 1.54) is 11.8 Å². The summed E-state index contributed by atoms with van der Waals surface area (Å²) in [6, 6.07) is 15.6. The molecule has 1 aliphatic heterocycles. The van der Waals surface area contributed by atoms with E-state index in [1.807, 2.05) is 18.2 Å². The van der Waals surface area contributed by atoms with Crippen LogP contribution in [-0.4, -0.2) is 41.5 Å². The number of halogens is 1. The van der Waals surface area contributed by atoms with Crippen molar-refractivity contribution in [2.45, 2.75) is 57.2 Å². The minimum Gasteiger partial charge on any atom is -0.497 e. The molecule has 1 fully saturated rings. The van der Waals surface area contributed by atoms with Gasteiger partial charge in [-0.1, -0.05) is 30.3 Å². The first kappa shape index (κ1) is 24.6. The van der Waals surface area contributed by atoms with Gasteiger partial charge in [0, 0.05) is 10.9 Å². The van der Waals surface area contributed by atoms with Crippen molar-refractivity contribution in [3.63, 3.8) is 0 Å². The maximum absolute atomic E-state index is 14.8. The van der Waals surface area contributed by atoms with Crippen LogP contribution in [0.4, 0.5) is 4.39 Å². The minimum absolute atomic E-state index is 0.256. The molecule has 5 nitrogen and oxygen atoms in total. The maximum atomic E-state index is 14.8. The van der Waals surface area contributed by atoms with E-state index >= 15 is 0 Å². The first-order valence-electron chi connectivity index (χ1n) is 12.3. The fourth-order valence-corrected chi connectivity index (χ4v) is 5.33. The highest BCUT2D eigenvalue weighted by molar-refractivity contribution is 5.84. The number of fused-ring (bicyclic) bond motifs is 1. The standard InChI is InChI=1S/C28H35FN2O3/c1-34-21-10-11-24-22(18-21)27(23(29)19-31-24)25(32)12-13-28(14-16-30-17-15-28)26(33)9-5-8-20-6-3-2-4-7-20/h2-4,6-7,10-11,18-19,25-26,30,32-33H,5,8-9,12-17H2,1H3/t25-,26+/m1/s1. The van der Waals surface area contributed by atoms with Crippen molar-refractivity contribution in [2.24, 2.45) is 5.41 Å². The highest BCUT2D eigenvalue weighted by atomic mass is 19.1. The molecule has 1 aliphatic rings. The van der Waals surface area contributed by atoms with Gasteiger partial charge in [0.05, 0.1) is 31.0 Å². The number of rotatable bonds is 10. The van der Waals surface area contributed by atoms with Gasteiger partial charge in [-0.2, -0.15) is 0 Å². The normalized spacial score (nSPS) is 17.4. The average molecular weight is 467 g/mol. The van der Waals surface area contributed by atoms with Crippen molar-refractivity contribution in [1.29, 1.82) is 0 Å². The SMILES string of the molecule is COc1ccc2ncc(F)c([C@H](O)CCC3([C@@H](O)CCCc4ccccc4)CCNCC3)c2c1. The van der Waals surface area contributed by atoms with Crippen LogP contribution in [0.25, 0.3) is 10.9 Å². The van der Waals surface area contributed by atoms with Crippen LogP contribution in [0.1, 0.15) is 55.8 Å². The highest BCUT2D eigenvalue weighted by Gasteiger charge is 2.39. The van der Waals surface area contributed by atoms with Crippen molar-refractivity contribution < 1.29 is 19.3 Å². The summed E-state index contributed by atoms with van der Waals surface area (Å²) in [5.41, 5.74) is 1.88. The molecule has 34 heavy (non-hydrogen) atoms. The molecule has 0 unspecified atom stereocenters. The van der Waals surface area contributed by atoms with Crippen LogP contribution in [0.3, 0.4) is 0 Å². The van der Waals surface area contributed by atoms with Gasteiger partial charge in [-0.05, 0) is 87.2 Å². The van der Waals surface area contributed by atoms with Crippen LogP contribution < -0.4 is 10.1 Å². The van der Waals surface area contributed by atoms with Gasteiger partial charge < -0.3 is 20.3 Å². The van der Waals surface area contributed by atoms with Crippen LogP contribution in [0.2, 0.25) is 0 Å². The summed E-state index contributed by atoms with van der Waals surface area (Å²) in [4.78, 5) is 4.16. The van der Waals surface area contributed by atoms with Crippen LogP contribution in [-0.2, 0) is 6.42 Å². The Morgan fingerprint density at radius 2 is 1.85 bits per heavy atom. The predicted molar refractivity (Wildman–Crippen MR) is 132 cm³/mol. The number of aliphatic hydroxyl groups is 2. The summed E-state index contributed by atoms with van der Waals surface area (Å²) in [5, 5.41) is 26.3. The number of nitrogens with one attached hydrogen (secondary N) is 1. The van der Waals surface area contributed by atoms with E-state index in [2.05, 4.69) is 22.4 Å². The Labute approximate surface area is 201 Å². The Morgan fingerprint density at radius 3 is 2.59 bits per heavy atom. The molecule has 0 amide bonds. The number of hydrogen-bond donors (Lipinski definition) is 3. The number of aryl methyl sites for hydroxylation is 1. The van der Waals surface area contributed by atoms with Crippen LogP contribution in [0.5, 0.6) is 5.75 Å². The lowest BCUT2D eigenvalue weighted by Crippen LogP contribution is -2.44. The molecule has 2 heterocycles. The number of hydrogen-bond acceptors (Lipinski definition) is 5. The fraction of sp³-hybridized carbons (Fsp3) is 0.464. The Kier molecular flexibility index (Phi) is 8.14. The van der Waals surface area contributed by atoms with Crippen molar-refractivity contribution >= 4 is 10.9 Å². The molecule has 2 atom stereocenters. The van der Waals surface area contributed by atoms with E-state index < -0.39 is 18.0 Å². The van der Waals surface area contributed by atoms with Crippen molar-refractivity contribution in [3.8, 4) is 5.75 Å². The van der Waals surface area contributed by atoms with Gasteiger partial charge in [-0.15, -0.1) is 0 Å². The van der Waals surface area contributed by atoms with Crippen molar-refractivity contribution in [2.75, 3.05) is 20.2 Å². The third-order valence-corrected chi connectivity index (χ3v) is 7.41. The van der Waals surface area contributed by atoms with E-state index in [9.17, 15) is 14.6 Å². The van der Waals surface area contributed by atoms with E-state index in [0.717, 1.165) is 45.2 Å². The summed E-state index contributed by atoms with van der Waals surface area (Å²) >= 11 is 0. The molecule has 1 aromatic heterocycles. The molecule has 3 N–H and O–H groups in total. The summed E-state index contributed by atoms with van der Waals surface area (Å²) < 4.78 is 20.1. The van der Waals surface area contributed by atoms with E-state index in [-0.39, 0.29) is 11.0 Å². The maximum Gasteiger partial charge on any atom is 0.147 e. The van der Waals surface area contributed by atoms with Gasteiger partial charge in [0.25, 0.3) is 0 Å². The zero-order chi connectivity index (χ0) is 24.0. The molecule has 0 bridgehead atoms. The molecular formula is C28H35FN2O3. The number of aliphatic hydroxyl groups excluding tert-OH is 2. The number of piperidine rings is 1. The predicted octanol–water partition coefficient (Wildman–Crippen LogP) is 4.95. The lowest BCUT2D eigenvalue weighted by molar-refractivity contribution is -0.0211. The minimum atomic E-state index is -0.985. The van der Waals surface area contributed by atoms with E-state index in [1.54, 1.807) is 25.3 Å². The molecular weight excluding hydrogens is 431 g/mol. The molecule has 0 radical (unpaired) electrons. The molecule has 1 saturated heterocycles. The zero-order valence-corrected chi connectivity index (χ0v) is 19.8. The summed E-state index contributed by atoms with van der Waals surface area (Å²) in [6.45, 7) is 1.69. The van der Waals surface area contributed by atoms with E-state index in [0.29, 0.717) is 29.5 Å². The Hall–Kier alpha value is -2.54. The zero-order valence-electron chi connectivity index (χ0n) is 19.8. The van der Waals surface area contributed by atoms with Gasteiger partial charge >= 0.3 is 0 Å². The molecule has 2 aromatic carbocycles. The highest BCUT2D eigenvalue weighted by Crippen LogP contribution is 2.42. The molecule has 0 spiro atoms. The summed E-state index contributed by atoms with van der Waals surface area (Å²) in [7, 11) is 1.56. The monoisotopic (exact) mass is 466 g/mol. The Balaban J connectivity index is 1.47. The molecule has 0 saturated carbocycles. The second-order valence-electron chi connectivity index (χ2n) is 9.46. The number of benzene rings is 2. The van der Waals surface area contributed by atoms with Gasteiger partial charge in [0.1, 0.15) is 11.6 Å². The lowest BCUT2D eigenvalue weighted by atomic mass is 9.69. The number of pyridine rings is 1. The fourth-order valence-electron chi connectivity index (χ4n) is 5.33. The topological polar surface area (TPSA) is 74.6 Å². The molecule has 0 aliphatic carbocycles. The van der Waals surface area contributed by atoms with Crippen molar-refractivity contribution in [3.05, 3.63) is 71.7 Å².